The van der Waals surface area contributed by atoms with Gasteiger partial charge >= 0.3 is 0 Å². The van der Waals surface area contributed by atoms with E-state index < -0.39 is 0 Å². The summed E-state index contributed by atoms with van der Waals surface area (Å²) in [6.45, 7) is 4.75. The maximum absolute atomic E-state index is 5.43. The first kappa shape index (κ1) is 15.1. The van der Waals surface area contributed by atoms with E-state index in [4.69, 9.17) is 14.2 Å². The number of ether oxygens (including phenoxy) is 3. The average molecular weight is 290 g/mol. The van der Waals surface area contributed by atoms with Gasteiger partial charge in [0.25, 0.3) is 0 Å². The van der Waals surface area contributed by atoms with E-state index in [0.29, 0.717) is 18.0 Å². The third-order valence-electron chi connectivity index (χ3n) is 3.49. The lowest BCUT2D eigenvalue weighted by atomic mass is 10.1. The molecule has 5 heteroatoms. The number of benzene rings is 1. The number of hydrogen-bond acceptors (Lipinski definition) is 4. The molecule has 2 rings (SSSR count). The van der Waals surface area contributed by atoms with Crippen LogP contribution in [0.5, 0.6) is 17.2 Å². The summed E-state index contributed by atoms with van der Waals surface area (Å²) in [5.41, 5.74) is 6.70. The van der Waals surface area contributed by atoms with E-state index in [1.54, 1.807) is 21.3 Å². The van der Waals surface area contributed by atoms with E-state index >= 15 is 0 Å². The minimum absolute atomic E-state index is 0.625. The van der Waals surface area contributed by atoms with Gasteiger partial charge in [-0.3, -0.25) is 4.68 Å². The molecular weight excluding hydrogens is 268 g/mol. The molecule has 0 spiro atoms. The Morgan fingerprint density at radius 3 is 1.90 bits per heavy atom. The van der Waals surface area contributed by atoms with Gasteiger partial charge in [0.05, 0.1) is 27.9 Å². The Bertz CT molecular complexity index is 601. The first-order valence-corrected chi connectivity index (χ1v) is 6.78. The molecule has 5 nitrogen and oxygen atoms in total. The van der Waals surface area contributed by atoms with Crippen molar-refractivity contribution >= 4 is 0 Å². The van der Waals surface area contributed by atoms with Crippen molar-refractivity contribution in [3.63, 3.8) is 0 Å². The van der Waals surface area contributed by atoms with Gasteiger partial charge in [-0.1, -0.05) is 0 Å². The van der Waals surface area contributed by atoms with Crippen LogP contribution in [0.15, 0.2) is 24.3 Å². The normalized spacial score (nSPS) is 10.3. The highest BCUT2D eigenvalue weighted by Gasteiger charge is 2.12. The highest BCUT2D eigenvalue weighted by molar-refractivity contribution is 5.51. The van der Waals surface area contributed by atoms with Crippen LogP contribution >= 0.6 is 0 Å². The lowest BCUT2D eigenvalue weighted by Crippen LogP contribution is -2.17. The SMILES string of the molecule is COc1cc(OC)c(OC)cc1CNn1c(C)ccc1C. The van der Waals surface area contributed by atoms with Crippen LogP contribution in [0.4, 0.5) is 0 Å². The zero-order valence-electron chi connectivity index (χ0n) is 13.2. The van der Waals surface area contributed by atoms with Crippen LogP contribution in [-0.4, -0.2) is 26.0 Å². The molecule has 0 radical (unpaired) electrons. The molecule has 0 aliphatic carbocycles. The fourth-order valence-electron chi connectivity index (χ4n) is 2.31. The molecule has 0 aliphatic heterocycles. The van der Waals surface area contributed by atoms with Gasteiger partial charge in [-0.2, -0.15) is 0 Å². The third kappa shape index (κ3) is 3.07. The molecule has 21 heavy (non-hydrogen) atoms. The standard InChI is InChI=1S/C16H22N2O3/c1-11-6-7-12(2)18(11)17-10-13-8-15(20-4)16(21-5)9-14(13)19-3/h6-9,17H,10H2,1-5H3. The van der Waals surface area contributed by atoms with Crippen molar-refractivity contribution in [3.05, 3.63) is 41.2 Å². The number of methoxy groups -OCH3 is 3. The average Bonchev–Trinajstić information content (AvgIpc) is 2.83. The smallest absolute Gasteiger partial charge is 0.164 e. The molecule has 114 valence electrons. The van der Waals surface area contributed by atoms with Crippen molar-refractivity contribution < 1.29 is 14.2 Å². The fourth-order valence-corrected chi connectivity index (χ4v) is 2.31. The van der Waals surface area contributed by atoms with Crippen LogP contribution in [0.1, 0.15) is 17.0 Å². The summed E-state index contributed by atoms with van der Waals surface area (Å²) in [5, 5.41) is 0. The van der Waals surface area contributed by atoms with Crippen LogP contribution in [-0.2, 0) is 6.54 Å². The quantitative estimate of drug-likeness (QED) is 0.888. The second-order valence-corrected chi connectivity index (χ2v) is 4.81. The highest BCUT2D eigenvalue weighted by atomic mass is 16.5. The summed E-state index contributed by atoms with van der Waals surface area (Å²) < 4.78 is 18.1. The minimum Gasteiger partial charge on any atom is -0.496 e. The summed E-state index contributed by atoms with van der Waals surface area (Å²) >= 11 is 0. The van der Waals surface area contributed by atoms with Crippen LogP contribution < -0.4 is 19.6 Å². The van der Waals surface area contributed by atoms with E-state index in [2.05, 4.69) is 36.1 Å². The zero-order valence-corrected chi connectivity index (χ0v) is 13.2. The summed E-state index contributed by atoms with van der Waals surface area (Å²) in [7, 11) is 4.89. The minimum atomic E-state index is 0.625. The van der Waals surface area contributed by atoms with Gasteiger partial charge in [0.1, 0.15) is 5.75 Å². The van der Waals surface area contributed by atoms with Crippen molar-refractivity contribution in [3.8, 4) is 17.2 Å². The number of aromatic nitrogens is 1. The molecule has 1 heterocycles. The number of nitrogens with zero attached hydrogens (tertiary/aromatic N) is 1. The molecule has 0 fully saturated rings. The molecule has 0 aliphatic rings. The van der Waals surface area contributed by atoms with Crippen molar-refractivity contribution in [2.24, 2.45) is 0 Å². The van der Waals surface area contributed by atoms with E-state index in [1.165, 1.54) is 0 Å². The lowest BCUT2D eigenvalue weighted by molar-refractivity contribution is 0.347. The van der Waals surface area contributed by atoms with Crippen molar-refractivity contribution in [2.45, 2.75) is 20.4 Å². The maximum atomic E-state index is 5.43. The van der Waals surface area contributed by atoms with Gasteiger partial charge in [-0.05, 0) is 32.0 Å². The summed E-state index contributed by atoms with van der Waals surface area (Å²) in [4.78, 5) is 0. The Morgan fingerprint density at radius 1 is 0.857 bits per heavy atom. The first-order valence-electron chi connectivity index (χ1n) is 6.78. The summed E-state index contributed by atoms with van der Waals surface area (Å²) in [6.07, 6.45) is 0. The molecule has 1 aromatic carbocycles. The zero-order chi connectivity index (χ0) is 15.4. The van der Waals surface area contributed by atoms with E-state index in [-0.39, 0.29) is 0 Å². The van der Waals surface area contributed by atoms with Crippen molar-refractivity contribution in [1.29, 1.82) is 0 Å². The highest BCUT2D eigenvalue weighted by Crippen LogP contribution is 2.34. The second kappa shape index (κ2) is 6.43. The van der Waals surface area contributed by atoms with E-state index in [9.17, 15) is 0 Å². The maximum Gasteiger partial charge on any atom is 0.164 e. The topological polar surface area (TPSA) is 44.6 Å². The fraction of sp³-hybridized carbons (Fsp3) is 0.375. The van der Waals surface area contributed by atoms with Gasteiger partial charge in [-0.15, -0.1) is 0 Å². The number of aryl methyl sites for hydroxylation is 2. The molecule has 0 saturated heterocycles. The molecule has 0 unspecified atom stereocenters. The number of nitrogens with one attached hydrogen (secondary N) is 1. The molecule has 0 bridgehead atoms. The largest absolute Gasteiger partial charge is 0.496 e. The van der Waals surface area contributed by atoms with Crippen molar-refractivity contribution in [2.75, 3.05) is 26.8 Å². The monoisotopic (exact) mass is 290 g/mol. The third-order valence-corrected chi connectivity index (χ3v) is 3.49. The lowest BCUT2D eigenvalue weighted by Gasteiger charge is -2.17. The molecule has 2 aromatic rings. The Balaban J connectivity index is 2.26. The Kier molecular flexibility index (Phi) is 4.62. The predicted molar refractivity (Wildman–Crippen MR) is 83.1 cm³/mol. The molecule has 0 amide bonds. The van der Waals surface area contributed by atoms with E-state index in [0.717, 1.165) is 22.7 Å². The Labute approximate surface area is 125 Å². The summed E-state index contributed by atoms with van der Waals surface area (Å²) in [6, 6.07) is 7.92. The molecule has 0 atom stereocenters. The number of rotatable bonds is 6. The van der Waals surface area contributed by atoms with E-state index in [1.807, 2.05) is 12.1 Å². The summed E-state index contributed by atoms with van der Waals surface area (Å²) in [5.74, 6) is 2.12. The first-order chi connectivity index (χ1) is 10.1. The molecular formula is C16H22N2O3. The molecule has 1 N–H and O–H groups in total. The Hall–Kier alpha value is -2.30. The van der Waals surface area contributed by atoms with Crippen LogP contribution in [0.2, 0.25) is 0 Å². The second-order valence-electron chi connectivity index (χ2n) is 4.81. The number of hydrogen-bond donors (Lipinski definition) is 1. The van der Waals surface area contributed by atoms with Crippen LogP contribution in [0.3, 0.4) is 0 Å². The van der Waals surface area contributed by atoms with Crippen molar-refractivity contribution in [1.82, 2.24) is 4.68 Å². The predicted octanol–water partition coefficient (Wildman–Crippen LogP) is 2.87. The van der Waals surface area contributed by atoms with Crippen LogP contribution in [0, 0.1) is 13.8 Å². The van der Waals surface area contributed by atoms with Crippen LogP contribution in [0.25, 0.3) is 0 Å². The van der Waals surface area contributed by atoms with Gasteiger partial charge in [0.15, 0.2) is 11.5 Å². The molecule has 1 aromatic heterocycles. The Morgan fingerprint density at radius 2 is 1.38 bits per heavy atom. The molecule has 0 saturated carbocycles. The van der Waals surface area contributed by atoms with Gasteiger partial charge < -0.3 is 19.6 Å². The van der Waals surface area contributed by atoms with Gasteiger partial charge in [0.2, 0.25) is 0 Å². The van der Waals surface area contributed by atoms with Gasteiger partial charge in [0, 0.05) is 23.0 Å². The van der Waals surface area contributed by atoms with Gasteiger partial charge in [-0.25, -0.2) is 0 Å².